The Morgan fingerprint density at radius 3 is 2.79 bits per heavy atom. The van der Waals surface area contributed by atoms with Gasteiger partial charge in [0.2, 0.25) is 6.08 Å². The Hall–Kier alpha value is -1.31. The third kappa shape index (κ3) is 2.34. The number of aryl methyl sites for hydroxylation is 1. The monoisotopic (exact) mass is 211 g/mol. The summed E-state index contributed by atoms with van der Waals surface area (Å²) in [5, 5.41) is 0.531. The lowest BCUT2D eigenvalue weighted by molar-refractivity contribution is 0.412. The number of nitrogens with zero attached hydrogens (tertiary/aromatic N) is 1. The van der Waals surface area contributed by atoms with Gasteiger partial charge in [-0.3, -0.25) is 0 Å². The molecule has 0 spiro atoms. The van der Waals surface area contributed by atoms with E-state index < -0.39 is 0 Å². The quantitative estimate of drug-likeness (QED) is 0.569. The summed E-state index contributed by atoms with van der Waals surface area (Å²) in [6.45, 7) is 2.19. The van der Waals surface area contributed by atoms with Gasteiger partial charge < -0.3 is 4.74 Å². The van der Waals surface area contributed by atoms with Crippen LogP contribution >= 0.6 is 11.6 Å². The standard InChI is InChI=1S/C10H10ClNO2/c1-7-3-8(5-12-6-13)4-9(11)10(7)14-2/h3-4H,5H2,1-2H3. The Kier molecular flexibility index (Phi) is 3.69. The van der Waals surface area contributed by atoms with Crippen molar-refractivity contribution in [3.05, 3.63) is 28.3 Å². The Morgan fingerprint density at radius 1 is 1.57 bits per heavy atom. The number of hydrogen-bond acceptors (Lipinski definition) is 3. The van der Waals surface area contributed by atoms with E-state index in [4.69, 9.17) is 16.3 Å². The van der Waals surface area contributed by atoms with E-state index in [-0.39, 0.29) is 0 Å². The van der Waals surface area contributed by atoms with Gasteiger partial charge in [-0.1, -0.05) is 17.7 Å². The summed E-state index contributed by atoms with van der Waals surface area (Å²) < 4.78 is 5.10. The zero-order chi connectivity index (χ0) is 10.6. The van der Waals surface area contributed by atoms with E-state index in [1.807, 2.05) is 13.0 Å². The van der Waals surface area contributed by atoms with Crippen LogP contribution in [-0.2, 0) is 11.3 Å². The molecule has 4 heteroatoms. The highest BCUT2D eigenvalue weighted by Crippen LogP contribution is 2.29. The van der Waals surface area contributed by atoms with E-state index in [1.165, 1.54) is 6.08 Å². The molecule has 0 heterocycles. The summed E-state index contributed by atoms with van der Waals surface area (Å²) in [7, 11) is 1.57. The van der Waals surface area contributed by atoms with Gasteiger partial charge in [-0.05, 0) is 24.1 Å². The molecule has 0 saturated carbocycles. The van der Waals surface area contributed by atoms with Crippen molar-refractivity contribution < 1.29 is 9.53 Å². The Balaban J connectivity index is 3.07. The molecule has 3 nitrogen and oxygen atoms in total. The number of benzene rings is 1. The first-order chi connectivity index (χ1) is 6.69. The van der Waals surface area contributed by atoms with Gasteiger partial charge >= 0.3 is 0 Å². The number of aliphatic imine (C=N–C) groups is 1. The SMILES string of the molecule is COc1c(C)cc(CN=C=O)cc1Cl. The van der Waals surface area contributed by atoms with Crippen LogP contribution in [0.5, 0.6) is 5.75 Å². The van der Waals surface area contributed by atoms with Crippen LogP contribution in [0.2, 0.25) is 5.02 Å². The van der Waals surface area contributed by atoms with Crippen molar-refractivity contribution in [3.63, 3.8) is 0 Å². The average molecular weight is 212 g/mol. The highest BCUT2D eigenvalue weighted by atomic mass is 35.5. The van der Waals surface area contributed by atoms with Gasteiger partial charge in [0.15, 0.2) is 0 Å². The summed E-state index contributed by atoms with van der Waals surface area (Å²) in [5.74, 6) is 0.658. The lowest BCUT2D eigenvalue weighted by Gasteiger charge is -2.08. The predicted octanol–water partition coefficient (Wildman–Crippen LogP) is 2.49. The molecule has 1 aromatic carbocycles. The second-order valence-electron chi connectivity index (χ2n) is 2.84. The molecule has 74 valence electrons. The smallest absolute Gasteiger partial charge is 0.235 e. The van der Waals surface area contributed by atoms with Gasteiger partial charge in [-0.2, -0.15) is 0 Å². The van der Waals surface area contributed by atoms with E-state index >= 15 is 0 Å². The second-order valence-corrected chi connectivity index (χ2v) is 3.24. The van der Waals surface area contributed by atoms with Crippen molar-refractivity contribution in [3.8, 4) is 5.75 Å². The maximum Gasteiger partial charge on any atom is 0.235 e. The molecule has 0 aliphatic rings. The van der Waals surface area contributed by atoms with Crippen molar-refractivity contribution in [2.45, 2.75) is 13.5 Å². The molecule has 0 saturated heterocycles. The highest BCUT2D eigenvalue weighted by Gasteiger charge is 2.06. The molecule has 0 aromatic heterocycles. The molecule has 0 N–H and O–H groups in total. The van der Waals surface area contributed by atoms with Gasteiger partial charge in [-0.15, -0.1) is 0 Å². The fraction of sp³-hybridized carbons (Fsp3) is 0.300. The summed E-state index contributed by atoms with van der Waals surface area (Å²) in [6.07, 6.45) is 1.48. The van der Waals surface area contributed by atoms with E-state index in [2.05, 4.69) is 4.99 Å². The number of halogens is 1. The van der Waals surface area contributed by atoms with Crippen molar-refractivity contribution in [1.29, 1.82) is 0 Å². The molecule has 0 amide bonds. The molecule has 0 bridgehead atoms. The third-order valence-electron chi connectivity index (χ3n) is 1.82. The van der Waals surface area contributed by atoms with E-state index in [0.717, 1.165) is 11.1 Å². The zero-order valence-corrected chi connectivity index (χ0v) is 8.76. The maximum absolute atomic E-state index is 9.92. The maximum atomic E-state index is 9.92. The fourth-order valence-corrected chi connectivity index (χ4v) is 1.64. The minimum atomic E-state index is 0.300. The molecular formula is C10H10ClNO2. The minimum Gasteiger partial charge on any atom is -0.495 e. The Labute approximate surface area is 87.4 Å². The molecule has 0 radical (unpaired) electrons. The van der Waals surface area contributed by atoms with E-state index in [1.54, 1.807) is 13.2 Å². The first kappa shape index (κ1) is 10.8. The molecule has 1 aromatic rings. The fourth-order valence-electron chi connectivity index (χ4n) is 1.28. The number of hydrogen-bond donors (Lipinski definition) is 0. The van der Waals surface area contributed by atoms with Gasteiger partial charge in [0.05, 0.1) is 18.7 Å². The molecule has 0 fully saturated rings. The molecule has 14 heavy (non-hydrogen) atoms. The molecule has 0 atom stereocenters. The van der Waals surface area contributed by atoms with Gasteiger partial charge in [-0.25, -0.2) is 9.79 Å². The molecule has 0 aliphatic carbocycles. The van der Waals surface area contributed by atoms with Crippen LogP contribution in [0.3, 0.4) is 0 Å². The van der Waals surface area contributed by atoms with Crippen LogP contribution in [0.15, 0.2) is 17.1 Å². The van der Waals surface area contributed by atoms with E-state index in [9.17, 15) is 4.79 Å². The number of carbonyl (C=O) groups excluding carboxylic acids is 1. The topological polar surface area (TPSA) is 38.7 Å². The Morgan fingerprint density at radius 2 is 2.29 bits per heavy atom. The van der Waals surface area contributed by atoms with Crippen LogP contribution in [0.1, 0.15) is 11.1 Å². The van der Waals surface area contributed by atoms with Crippen LogP contribution < -0.4 is 4.74 Å². The zero-order valence-electron chi connectivity index (χ0n) is 8.00. The van der Waals surface area contributed by atoms with Crippen molar-refractivity contribution in [2.24, 2.45) is 4.99 Å². The number of ether oxygens (including phenoxy) is 1. The minimum absolute atomic E-state index is 0.300. The van der Waals surface area contributed by atoms with Crippen LogP contribution in [0.4, 0.5) is 0 Å². The summed E-state index contributed by atoms with van der Waals surface area (Å²) in [5.41, 5.74) is 1.80. The first-order valence-corrected chi connectivity index (χ1v) is 4.43. The molecular weight excluding hydrogens is 202 g/mol. The highest BCUT2D eigenvalue weighted by molar-refractivity contribution is 6.32. The largest absolute Gasteiger partial charge is 0.495 e. The van der Waals surface area contributed by atoms with Crippen molar-refractivity contribution in [2.75, 3.05) is 7.11 Å². The predicted molar refractivity (Wildman–Crippen MR) is 54.6 cm³/mol. The van der Waals surface area contributed by atoms with E-state index in [0.29, 0.717) is 17.3 Å². The number of methoxy groups -OCH3 is 1. The Bertz CT molecular complexity index is 361. The average Bonchev–Trinajstić information content (AvgIpc) is 2.14. The number of isocyanates is 1. The first-order valence-electron chi connectivity index (χ1n) is 4.05. The second kappa shape index (κ2) is 4.80. The van der Waals surface area contributed by atoms with Crippen LogP contribution in [-0.4, -0.2) is 13.2 Å². The summed E-state index contributed by atoms with van der Waals surface area (Å²) >= 11 is 5.95. The van der Waals surface area contributed by atoms with Crippen LogP contribution in [0, 0.1) is 6.92 Å². The molecule has 1 rings (SSSR count). The molecule has 0 unspecified atom stereocenters. The lowest BCUT2D eigenvalue weighted by Crippen LogP contribution is -1.91. The van der Waals surface area contributed by atoms with Crippen molar-refractivity contribution in [1.82, 2.24) is 0 Å². The molecule has 0 aliphatic heterocycles. The lowest BCUT2D eigenvalue weighted by atomic mass is 10.1. The van der Waals surface area contributed by atoms with Crippen LogP contribution in [0.25, 0.3) is 0 Å². The number of rotatable bonds is 3. The summed E-state index contributed by atoms with van der Waals surface area (Å²) in [4.78, 5) is 13.4. The summed E-state index contributed by atoms with van der Waals surface area (Å²) in [6, 6.07) is 3.61. The third-order valence-corrected chi connectivity index (χ3v) is 2.10. The normalized spacial score (nSPS) is 9.36. The van der Waals surface area contributed by atoms with Gasteiger partial charge in [0.25, 0.3) is 0 Å². The van der Waals surface area contributed by atoms with Crippen molar-refractivity contribution >= 4 is 17.7 Å². The van der Waals surface area contributed by atoms with Gasteiger partial charge in [0, 0.05) is 0 Å². The van der Waals surface area contributed by atoms with Gasteiger partial charge in [0.1, 0.15) is 5.75 Å².